The quantitative estimate of drug-likeness (QED) is 0.113. The second kappa shape index (κ2) is 18.7. The van der Waals surface area contributed by atoms with Crippen molar-refractivity contribution >= 4 is 67.6 Å². The van der Waals surface area contributed by atoms with Gasteiger partial charge in [-0.2, -0.15) is 0 Å². The van der Waals surface area contributed by atoms with E-state index in [1.807, 2.05) is 0 Å². The Bertz CT molecular complexity index is 631. The summed E-state index contributed by atoms with van der Waals surface area (Å²) in [5.74, 6) is -7.93. The van der Waals surface area contributed by atoms with E-state index in [2.05, 4.69) is 0 Å². The van der Waals surface area contributed by atoms with Crippen LogP contribution in [0.3, 0.4) is 0 Å². The van der Waals surface area contributed by atoms with E-state index in [1.165, 1.54) is 6.92 Å². The van der Waals surface area contributed by atoms with Crippen LogP contribution in [-0.4, -0.2) is 172 Å². The van der Waals surface area contributed by atoms with E-state index in [-0.39, 0.29) is 40.6 Å². The number of aliphatic hydroxyl groups excluding tert-OH is 6. The summed E-state index contributed by atoms with van der Waals surface area (Å²) < 4.78 is 0. The summed E-state index contributed by atoms with van der Waals surface area (Å²) in [5.41, 5.74) is -2.74. The van der Waals surface area contributed by atoms with Crippen LogP contribution in [0.25, 0.3) is 0 Å². The van der Waals surface area contributed by atoms with Gasteiger partial charge in [-0.15, -0.1) is 0 Å². The Kier molecular flexibility index (Phi) is 21.9. The molecular weight excluding hydrogens is 492 g/mol. The molecule has 12 N–H and O–H groups in total. The van der Waals surface area contributed by atoms with Crippen molar-refractivity contribution < 1.29 is 88.1 Å². The zero-order valence-electron chi connectivity index (χ0n) is 19.1. The molecule has 192 valence electrons. The fourth-order valence-electron chi connectivity index (χ4n) is 1.38. The first-order chi connectivity index (χ1) is 14.3. The summed E-state index contributed by atoms with van der Waals surface area (Å²) >= 11 is 0. The Morgan fingerprint density at radius 3 is 1.27 bits per heavy atom. The molecule has 1 unspecified atom stereocenters. The van der Waals surface area contributed by atoms with Crippen LogP contribution in [-0.2, 0) is 24.0 Å². The molecule has 0 rings (SSSR count). The second-order valence-electron chi connectivity index (χ2n) is 6.01. The van der Waals surface area contributed by atoms with Crippen LogP contribution in [0.2, 0.25) is 0 Å². The van der Waals surface area contributed by atoms with E-state index in [0.717, 1.165) is 0 Å². The maximum atomic E-state index is 10.3. The van der Waals surface area contributed by atoms with Gasteiger partial charge in [0.15, 0.2) is 11.7 Å². The van der Waals surface area contributed by atoms with Crippen LogP contribution in [0.5, 0.6) is 0 Å². The molecule has 17 nitrogen and oxygen atoms in total. The summed E-state index contributed by atoms with van der Waals surface area (Å²) in [7, 11) is 0. The Labute approximate surface area is 217 Å². The fraction of sp³-hybridized carbons (Fsp3) is 0.667. The standard InChI is InChI=1S/C6H8O7.C6H12O7.C3H6O3.Ca.2H/c7-3(8)1-6(13,5(11)12)2-4(9)10;7-1-2(8)3(9)4(10)5(11)6(12)13;1-2(4)3(5)6;;;/h13H,1-2H2,(H,7,8)(H,9,10)(H,11,12);2-5,7-11H,1H2,(H,12,13);2,4H,1H3,(H,5,6);;;/q;;;+2;2*-1/t;2-,3-,4+,5-;;;;/m.1..../s1. The molecular formula is C15H28CaO17. The number of hydrogen-bond acceptors (Lipinski definition) is 12. The number of aliphatic carboxylic acids is 5. The zero-order chi connectivity index (χ0) is 26.4. The van der Waals surface area contributed by atoms with E-state index < -0.39 is 85.4 Å². The van der Waals surface area contributed by atoms with Crippen molar-refractivity contribution in [2.24, 2.45) is 0 Å². The normalized spacial score (nSPS) is 14.8. The van der Waals surface area contributed by atoms with E-state index in [9.17, 15) is 24.0 Å². The molecule has 0 spiro atoms. The van der Waals surface area contributed by atoms with Gasteiger partial charge in [0.1, 0.15) is 24.4 Å². The van der Waals surface area contributed by atoms with Crippen molar-refractivity contribution in [1.29, 1.82) is 0 Å². The number of carboxylic acid groups (broad SMARTS) is 5. The van der Waals surface area contributed by atoms with Gasteiger partial charge in [0, 0.05) is 0 Å². The number of aliphatic hydroxyl groups is 7. The summed E-state index contributed by atoms with van der Waals surface area (Å²) in [6, 6.07) is 0. The van der Waals surface area contributed by atoms with Gasteiger partial charge in [-0.1, -0.05) is 0 Å². The molecule has 5 atom stereocenters. The molecule has 0 amide bonds. The van der Waals surface area contributed by atoms with Crippen LogP contribution < -0.4 is 0 Å². The summed E-state index contributed by atoms with van der Waals surface area (Å²) in [4.78, 5) is 50.0. The average molecular weight is 520 g/mol. The third-order valence-electron chi connectivity index (χ3n) is 3.15. The Hall–Kier alpha value is -1.67. The van der Waals surface area contributed by atoms with Crippen LogP contribution in [0.15, 0.2) is 0 Å². The fourth-order valence-corrected chi connectivity index (χ4v) is 1.38. The van der Waals surface area contributed by atoms with Crippen LogP contribution in [0, 0.1) is 0 Å². The molecule has 0 aromatic carbocycles. The minimum absolute atomic E-state index is 0. The van der Waals surface area contributed by atoms with Gasteiger partial charge in [0.05, 0.1) is 19.4 Å². The maximum absolute atomic E-state index is 10.3. The molecule has 33 heavy (non-hydrogen) atoms. The molecule has 0 radical (unpaired) electrons. The summed E-state index contributed by atoms with van der Waals surface area (Å²) in [5, 5.41) is 101. The van der Waals surface area contributed by atoms with Gasteiger partial charge in [-0.05, 0) is 6.92 Å². The SMILES string of the molecule is CC(O)C(=O)O.O=C(O)CC(O)(CC(=O)O)C(=O)O.O=C(O)[C@H](O)[C@@H](O)[C@H](O)[C@H](O)CO.[Ca+2].[H-].[H-]. The predicted molar refractivity (Wildman–Crippen MR) is 103 cm³/mol. The minimum Gasteiger partial charge on any atom is -1.00 e. The van der Waals surface area contributed by atoms with Crippen molar-refractivity contribution in [3.63, 3.8) is 0 Å². The predicted octanol–water partition coefficient (Wildman–Crippen LogP) is -5.45. The van der Waals surface area contributed by atoms with Gasteiger partial charge in [0.2, 0.25) is 0 Å². The summed E-state index contributed by atoms with van der Waals surface area (Å²) in [6.45, 7) is 0.354. The molecule has 18 heteroatoms. The van der Waals surface area contributed by atoms with Crippen molar-refractivity contribution in [2.75, 3.05) is 6.61 Å². The van der Waals surface area contributed by atoms with E-state index in [1.54, 1.807) is 0 Å². The molecule has 0 fully saturated rings. The first-order valence-corrected chi connectivity index (χ1v) is 8.20. The molecule has 0 aliphatic carbocycles. The van der Waals surface area contributed by atoms with Gasteiger partial charge in [-0.25, -0.2) is 14.4 Å². The van der Waals surface area contributed by atoms with Crippen LogP contribution in [0.4, 0.5) is 0 Å². The number of rotatable bonds is 11. The van der Waals surface area contributed by atoms with Crippen molar-refractivity contribution in [3.8, 4) is 0 Å². The molecule has 0 aliphatic rings. The monoisotopic (exact) mass is 520 g/mol. The van der Waals surface area contributed by atoms with Crippen molar-refractivity contribution in [1.82, 2.24) is 0 Å². The average Bonchev–Trinajstić information content (AvgIpc) is 2.64. The Morgan fingerprint density at radius 1 is 0.758 bits per heavy atom. The Balaban J connectivity index is -0.0000000916. The van der Waals surface area contributed by atoms with Gasteiger partial charge < -0.3 is 64.1 Å². The molecule has 0 heterocycles. The smallest absolute Gasteiger partial charge is 1.00 e. The minimum atomic E-state index is -2.74. The third-order valence-corrected chi connectivity index (χ3v) is 3.15. The molecule has 0 aliphatic heterocycles. The first kappa shape index (κ1) is 38.6. The van der Waals surface area contributed by atoms with Gasteiger partial charge in [-0.3, -0.25) is 9.59 Å². The number of hydrogen-bond donors (Lipinski definition) is 12. The van der Waals surface area contributed by atoms with Crippen molar-refractivity contribution in [3.05, 3.63) is 0 Å². The Morgan fingerprint density at radius 2 is 1.09 bits per heavy atom. The van der Waals surface area contributed by atoms with E-state index >= 15 is 0 Å². The van der Waals surface area contributed by atoms with Crippen LogP contribution in [0.1, 0.15) is 22.6 Å². The molecule has 0 bridgehead atoms. The summed E-state index contributed by atoms with van der Waals surface area (Å²) in [6.07, 6.45) is -11.4. The molecule has 0 saturated heterocycles. The topological polar surface area (TPSA) is 328 Å². The van der Waals surface area contributed by atoms with Gasteiger partial charge in [0.25, 0.3) is 0 Å². The van der Waals surface area contributed by atoms with Gasteiger partial charge >= 0.3 is 67.6 Å². The van der Waals surface area contributed by atoms with E-state index in [4.69, 9.17) is 61.3 Å². The largest absolute Gasteiger partial charge is 2.00 e. The zero-order valence-corrected chi connectivity index (χ0v) is 19.3. The maximum Gasteiger partial charge on any atom is 2.00 e. The van der Waals surface area contributed by atoms with Crippen molar-refractivity contribution in [2.45, 2.75) is 55.9 Å². The third kappa shape index (κ3) is 18.4. The molecule has 0 saturated carbocycles. The number of carboxylic acids is 5. The number of carbonyl (C=O) groups is 5. The van der Waals surface area contributed by atoms with Crippen LogP contribution >= 0.6 is 0 Å². The molecule has 0 aromatic rings. The molecule has 0 aromatic heterocycles. The first-order valence-electron chi connectivity index (χ1n) is 8.20. The van der Waals surface area contributed by atoms with E-state index in [0.29, 0.717) is 0 Å². The second-order valence-corrected chi connectivity index (χ2v) is 6.01.